The molecule has 1 unspecified atom stereocenters. The van der Waals surface area contributed by atoms with Crippen molar-refractivity contribution in [1.82, 2.24) is 5.32 Å². The van der Waals surface area contributed by atoms with E-state index in [2.05, 4.69) is 5.32 Å². The van der Waals surface area contributed by atoms with Crippen molar-refractivity contribution in [1.29, 1.82) is 0 Å². The van der Waals surface area contributed by atoms with Crippen molar-refractivity contribution >= 4 is 0 Å². The highest BCUT2D eigenvalue weighted by Crippen LogP contribution is 2.57. The number of hydrogen-bond donors (Lipinski definition) is 2. The second kappa shape index (κ2) is 4.30. The smallest absolute Gasteiger partial charge is 0.0667 e. The molecule has 4 bridgehead atoms. The van der Waals surface area contributed by atoms with Crippen LogP contribution >= 0.6 is 0 Å². The van der Waals surface area contributed by atoms with Gasteiger partial charge in [0.1, 0.15) is 0 Å². The summed E-state index contributed by atoms with van der Waals surface area (Å²) in [6, 6.07) is 0. The largest absolute Gasteiger partial charge is 0.392 e. The summed E-state index contributed by atoms with van der Waals surface area (Å²) in [5.74, 6) is 4.88. The molecule has 0 aromatic rings. The Labute approximate surface area is 98.8 Å². The Kier molecular flexibility index (Phi) is 2.97. The third kappa shape index (κ3) is 1.91. The summed E-state index contributed by atoms with van der Waals surface area (Å²) in [5.41, 5.74) is 0. The Balaban J connectivity index is 1.63. The zero-order chi connectivity index (χ0) is 11.1. The van der Waals surface area contributed by atoms with Crippen molar-refractivity contribution in [2.45, 2.75) is 44.6 Å². The van der Waals surface area contributed by atoms with Crippen LogP contribution in [0.5, 0.6) is 0 Å². The molecule has 4 aliphatic rings. The molecule has 0 saturated heterocycles. The lowest BCUT2D eigenvalue weighted by Crippen LogP contribution is -2.46. The minimum atomic E-state index is -0.118. The molecule has 4 fully saturated rings. The van der Waals surface area contributed by atoms with E-state index >= 15 is 0 Å². The van der Waals surface area contributed by atoms with Crippen molar-refractivity contribution < 1.29 is 5.11 Å². The maximum atomic E-state index is 9.97. The lowest BCUT2D eigenvalue weighted by atomic mass is 9.51. The molecule has 0 amide bonds. The molecular formula is C14H25NO. The molecule has 16 heavy (non-hydrogen) atoms. The molecule has 0 radical (unpaired) electrons. The van der Waals surface area contributed by atoms with Gasteiger partial charge >= 0.3 is 0 Å². The van der Waals surface area contributed by atoms with E-state index in [4.69, 9.17) is 0 Å². The third-order valence-electron chi connectivity index (χ3n) is 5.41. The van der Waals surface area contributed by atoms with Gasteiger partial charge in [-0.25, -0.2) is 0 Å². The molecule has 4 saturated carbocycles. The summed E-state index contributed by atoms with van der Waals surface area (Å²) in [7, 11) is 1.93. The molecule has 2 nitrogen and oxygen atoms in total. The maximum absolute atomic E-state index is 9.97. The predicted octanol–water partition coefficient (Wildman–Crippen LogP) is 2.03. The van der Waals surface area contributed by atoms with Crippen molar-refractivity contribution in [2.75, 3.05) is 13.6 Å². The summed E-state index contributed by atoms with van der Waals surface area (Å²) in [5, 5.41) is 13.1. The van der Waals surface area contributed by atoms with Gasteiger partial charge in [0, 0.05) is 6.54 Å². The van der Waals surface area contributed by atoms with E-state index in [1.165, 1.54) is 32.1 Å². The second-order valence-corrected chi connectivity index (χ2v) is 6.54. The van der Waals surface area contributed by atoms with Crippen LogP contribution in [0.15, 0.2) is 0 Å². The van der Waals surface area contributed by atoms with Crippen LogP contribution in [0, 0.1) is 29.6 Å². The summed E-state index contributed by atoms with van der Waals surface area (Å²) in [6.07, 6.45) is 8.36. The number of likely N-dealkylation sites (N-methyl/N-ethyl adjacent to an activating group) is 1. The lowest BCUT2D eigenvalue weighted by Gasteiger charge is -2.55. The molecule has 0 aromatic carbocycles. The third-order valence-corrected chi connectivity index (χ3v) is 5.41. The zero-order valence-corrected chi connectivity index (χ0v) is 10.4. The average Bonchev–Trinajstić information content (AvgIpc) is 2.23. The summed E-state index contributed by atoms with van der Waals surface area (Å²) >= 11 is 0. The van der Waals surface area contributed by atoms with Gasteiger partial charge in [0.25, 0.3) is 0 Å². The second-order valence-electron chi connectivity index (χ2n) is 6.54. The molecule has 4 rings (SSSR count). The van der Waals surface area contributed by atoms with Crippen molar-refractivity contribution in [3.63, 3.8) is 0 Å². The number of aliphatic hydroxyl groups excluding tert-OH is 1. The Morgan fingerprint density at radius 2 is 1.62 bits per heavy atom. The average molecular weight is 223 g/mol. The van der Waals surface area contributed by atoms with E-state index in [1.54, 1.807) is 0 Å². The van der Waals surface area contributed by atoms with E-state index in [9.17, 15) is 5.11 Å². The Morgan fingerprint density at radius 1 is 1.06 bits per heavy atom. The van der Waals surface area contributed by atoms with Crippen LogP contribution in [-0.2, 0) is 0 Å². The zero-order valence-electron chi connectivity index (χ0n) is 10.4. The van der Waals surface area contributed by atoms with E-state index in [0.29, 0.717) is 0 Å². The first-order chi connectivity index (χ1) is 7.76. The summed E-state index contributed by atoms with van der Waals surface area (Å²) in [4.78, 5) is 0. The van der Waals surface area contributed by atoms with Crippen LogP contribution in [0.4, 0.5) is 0 Å². The Morgan fingerprint density at radius 3 is 2.12 bits per heavy atom. The van der Waals surface area contributed by atoms with Gasteiger partial charge in [0.05, 0.1) is 6.10 Å². The fourth-order valence-corrected chi connectivity index (χ4v) is 5.06. The highest BCUT2D eigenvalue weighted by molar-refractivity contribution is 4.98. The first kappa shape index (κ1) is 11.0. The number of hydrogen-bond acceptors (Lipinski definition) is 2. The van der Waals surface area contributed by atoms with Crippen molar-refractivity contribution in [3.8, 4) is 0 Å². The molecule has 4 aliphatic carbocycles. The quantitative estimate of drug-likeness (QED) is 0.764. The van der Waals surface area contributed by atoms with Crippen LogP contribution in [0.2, 0.25) is 0 Å². The van der Waals surface area contributed by atoms with Crippen LogP contribution in [-0.4, -0.2) is 24.8 Å². The number of nitrogens with one attached hydrogen (secondary N) is 1. The Bertz CT molecular complexity index is 225. The maximum Gasteiger partial charge on any atom is 0.0667 e. The SMILES string of the molecule is CNCC(O)CC1C2CC3CC(C2)CC1C3. The minimum absolute atomic E-state index is 0.118. The van der Waals surface area contributed by atoms with E-state index in [1.807, 2.05) is 7.05 Å². The lowest BCUT2D eigenvalue weighted by molar-refractivity contribution is -0.0541. The molecular weight excluding hydrogens is 198 g/mol. The summed E-state index contributed by atoms with van der Waals surface area (Å²) in [6.45, 7) is 0.767. The Hall–Kier alpha value is -0.0800. The molecule has 0 heterocycles. The fraction of sp³-hybridized carbons (Fsp3) is 1.00. The van der Waals surface area contributed by atoms with E-state index in [-0.39, 0.29) is 6.10 Å². The molecule has 0 aliphatic heterocycles. The molecule has 92 valence electrons. The number of rotatable bonds is 4. The van der Waals surface area contributed by atoms with Gasteiger partial charge in [-0.15, -0.1) is 0 Å². The van der Waals surface area contributed by atoms with Gasteiger partial charge in [-0.2, -0.15) is 0 Å². The highest BCUT2D eigenvalue weighted by Gasteiger charge is 2.48. The monoisotopic (exact) mass is 223 g/mol. The van der Waals surface area contributed by atoms with Crippen molar-refractivity contribution in [2.24, 2.45) is 29.6 Å². The topological polar surface area (TPSA) is 32.3 Å². The normalized spacial score (nSPS) is 47.2. The first-order valence-corrected chi connectivity index (χ1v) is 7.09. The van der Waals surface area contributed by atoms with Crippen LogP contribution in [0.3, 0.4) is 0 Å². The van der Waals surface area contributed by atoms with Crippen molar-refractivity contribution in [3.05, 3.63) is 0 Å². The van der Waals surface area contributed by atoms with E-state index < -0.39 is 0 Å². The standard InChI is InChI=1S/C14H25NO/c1-15-8-13(16)7-14-11-3-9-2-10(5-11)6-12(14)4-9/h9-16H,2-8H2,1H3. The van der Waals surface area contributed by atoms with Crippen LogP contribution < -0.4 is 5.32 Å². The minimum Gasteiger partial charge on any atom is -0.392 e. The van der Waals surface area contributed by atoms with Gasteiger partial charge in [-0.3, -0.25) is 0 Å². The van der Waals surface area contributed by atoms with Crippen LogP contribution in [0.25, 0.3) is 0 Å². The highest BCUT2D eigenvalue weighted by atomic mass is 16.3. The molecule has 2 N–H and O–H groups in total. The van der Waals surface area contributed by atoms with Gasteiger partial charge in [-0.05, 0) is 75.2 Å². The molecule has 2 heteroatoms. The molecule has 1 atom stereocenters. The molecule has 0 spiro atoms. The van der Waals surface area contributed by atoms with E-state index in [0.717, 1.165) is 42.6 Å². The fourth-order valence-electron chi connectivity index (χ4n) is 5.06. The van der Waals surface area contributed by atoms with Gasteiger partial charge in [-0.1, -0.05) is 0 Å². The summed E-state index contributed by atoms with van der Waals surface area (Å²) < 4.78 is 0. The molecule has 0 aromatic heterocycles. The van der Waals surface area contributed by atoms with Crippen LogP contribution in [0.1, 0.15) is 38.5 Å². The van der Waals surface area contributed by atoms with Gasteiger partial charge in [0.2, 0.25) is 0 Å². The van der Waals surface area contributed by atoms with Gasteiger partial charge < -0.3 is 10.4 Å². The number of aliphatic hydroxyl groups is 1. The first-order valence-electron chi connectivity index (χ1n) is 7.09. The van der Waals surface area contributed by atoms with Gasteiger partial charge in [0.15, 0.2) is 0 Å². The predicted molar refractivity (Wildman–Crippen MR) is 65.1 cm³/mol.